The van der Waals surface area contributed by atoms with Gasteiger partial charge in [-0.05, 0) is 0 Å². The van der Waals surface area contributed by atoms with Crippen molar-refractivity contribution in [3.63, 3.8) is 0 Å². The SMILES string of the molecule is O=C(C1=CC=CC1)N(CCP(=[Se])(c1ccccc1)c1ccccc1)CCP(=[Se])(c1ccccc1)c1ccccc1. The van der Waals surface area contributed by atoms with Gasteiger partial charge in [-0.3, -0.25) is 0 Å². The molecule has 0 saturated heterocycles. The van der Waals surface area contributed by atoms with Crippen LogP contribution in [0.1, 0.15) is 6.42 Å². The fraction of sp³-hybridized carbons (Fsp3) is 0.147. The number of allylic oxidation sites excluding steroid dienone is 3. The molecule has 40 heavy (non-hydrogen) atoms. The minimum absolute atomic E-state index is 0.158. The Kier molecular flexibility index (Phi) is 9.93. The number of hydrogen-bond acceptors (Lipinski definition) is 1. The van der Waals surface area contributed by atoms with Gasteiger partial charge in [-0.15, -0.1) is 0 Å². The third kappa shape index (κ3) is 6.61. The molecule has 0 spiro atoms. The van der Waals surface area contributed by atoms with E-state index in [4.69, 9.17) is 0 Å². The molecule has 0 aliphatic heterocycles. The van der Waals surface area contributed by atoms with Crippen molar-refractivity contribution in [3.8, 4) is 0 Å². The van der Waals surface area contributed by atoms with Gasteiger partial charge in [0.25, 0.3) is 0 Å². The fourth-order valence-electron chi connectivity index (χ4n) is 5.14. The normalized spacial score (nSPS) is 13.2. The quantitative estimate of drug-likeness (QED) is 0.157. The van der Waals surface area contributed by atoms with Crippen molar-refractivity contribution in [1.82, 2.24) is 4.90 Å². The Hall–Kier alpha value is -2.27. The first kappa shape index (κ1) is 29.2. The predicted molar refractivity (Wildman–Crippen MR) is 178 cm³/mol. The van der Waals surface area contributed by atoms with Gasteiger partial charge in [0.05, 0.1) is 0 Å². The molecule has 0 aromatic heterocycles. The van der Waals surface area contributed by atoms with Crippen LogP contribution in [0.25, 0.3) is 0 Å². The van der Waals surface area contributed by atoms with Gasteiger partial charge in [-0.2, -0.15) is 0 Å². The summed E-state index contributed by atoms with van der Waals surface area (Å²) in [6, 6.07) is 43.1. The average molecular weight is 692 g/mol. The second-order valence-electron chi connectivity index (χ2n) is 9.89. The summed E-state index contributed by atoms with van der Waals surface area (Å²) >= 11 is 7.32. The van der Waals surface area contributed by atoms with Crippen LogP contribution >= 0.6 is 11.0 Å². The number of amides is 1. The van der Waals surface area contributed by atoms with Gasteiger partial charge in [0, 0.05) is 0 Å². The number of carbonyl (C=O) groups is 1. The molecule has 2 nitrogen and oxygen atoms in total. The Morgan fingerprint density at radius 1 is 0.600 bits per heavy atom. The topological polar surface area (TPSA) is 20.3 Å². The molecule has 0 bridgehead atoms. The van der Waals surface area contributed by atoms with Crippen LogP contribution in [-0.2, 0) is 4.79 Å². The number of carbonyl (C=O) groups excluding carboxylic acids is 1. The summed E-state index contributed by atoms with van der Waals surface area (Å²) in [5, 5.41) is 5.31. The summed E-state index contributed by atoms with van der Waals surface area (Å²) in [6.07, 6.45) is 8.55. The average Bonchev–Trinajstić information content (AvgIpc) is 3.57. The van der Waals surface area contributed by atoms with E-state index in [0.717, 1.165) is 17.9 Å². The Morgan fingerprint density at radius 3 is 1.25 bits per heavy atom. The molecule has 1 aliphatic rings. The van der Waals surface area contributed by atoms with E-state index in [0.29, 0.717) is 19.5 Å². The van der Waals surface area contributed by atoms with Crippen molar-refractivity contribution < 1.29 is 4.79 Å². The number of hydrogen-bond donors (Lipinski definition) is 0. The number of rotatable bonds is 11. The molecule has 4 aromatic carbocycles. The molecule has 1 aliphatic carbocycles. The summed E-state index contributed by atoms with van der Waals surface area (Å²) < 4.78 is 0. The number of nitrogens with zero attached hydrogens (tertiary/aromatic N) is 1. The molecular formula is C34H33NOP2Se2. The van der Waals surface area contributed by atoms with Gasteiger partial charge in [0.2, 0.25) is 0 Å². The molecule has 202 valence electrons. The van der Waals surface area contributed by atoms with Gasteiger partial charge in [-0.25, -0.2) is 0 Å². The molecular weight excluding hydrogens is 658 g/mol. The summed E-state index contributed by atoms with van der Waals surface area (Å²) in [7, 11) is 0. The van der Waals surface area contributed by atoms with E-state index in [2.05, 4.69) is 162 Å². The van der Waals surface area contributed by atoms with Crippen molar-refractivity contribution in [2.75, 3.05) is 25.4 Å². The maximum absolute atomic E-state index is 13.9. The molecule has 4 aromatic rings. The van der Waals surface area contributed by atoms with Crippen molar-refractivity contribution in [2.24, 2.45) is 0 Å². The number of benzene rings is 4. The van der Waals surface area contributed by atoms with Crippen LogP contribution in [0.15, 0.2) is 145 Å². The zero-order chi connectivity index (χ0) is 27.8. The van der Waals surface area contributed by atoms with E-state index in [9.17, 15) is 4.79 Å². The minimum atomic E-state index is -1.83. The van der Waals surface area contributed by atoms with Crippen LogP contribution in [0.4, 0.5) is 0 Å². The summed E-state index contributed by atoms with van der Waals surface area (Å²) in [5.74, 6) is 0.158. The van der Waals surface area contributed by atoms with Crippen LogP contribution in [0.5, 0.6) is 0 Å². The first-order valence-electron chi connectivity index (χ1n) is 13.6. The molecule has 6 heteroatoms. The molecule has 0 fully saturated rings. The fourth-order valence-corrected chi connectivity index (χ4v) is 14.5. The van der Waals surface area contributed by atoms with Crippen LogP contribution in [0.2, 0.25) is 0 Å². The zero-order valence-corrected chi connectivity index (χ0v) is 27.6. The standard InChI is InChI=1S/C34H33NOP2Se2/c36-34(29-15-13-14-16-29)35(25-27-37(39,30-17-5-1-6-18-30)31-19-7-2-8-20-31)26-28-38(40,32-21-9-3-10-22-32)33-23-11-4-12-24-33/h1-15,17-24H,16,25-28H2. The zero-order valence-electron chi connectivity index (χ0n) is 22.4. The van der Waals surface area contributed by atoms with E-state index in [-0.39, 0.29) is 5.91 Å². The molecule has 0 saturated carbocycles. The van der Waals surface area contributed by atoms with Gasteiger partial charge < -0.3 is 0 Å². The van der Waals surface area contributed by atoms with Crippen molar-refractivity contribution in [1.29, 1.82) is 0 Å². The monoisotopic (exact) mass is 693 g/mol. The van der Waals surface area contributed by atoms with Gasteiger partial charge >= 0.3 is 255 Å². The van der Waals surface area contributed by atoms with E-state index in [1.807, 2.05) is 12.2 Å². The van der Waals surface area contributed by atoms with E-state index < -0.39 is 11.0 Å². The maximum atomic E-state index is 13.9. The molecule has 0 N–H and O–H groups in total. The molecule has 0 unspecified atom stereocenters. The van der Waals surface area contributed by atoms with Gasteiger partial charge in [0.1, 0.15) is 0 Å². The third-order valence-corrected chi connectivity index (χ3v) is 21.2. The first-order chi connectivity index (χ1) is 19.5. The van der Waals surface area contributed by atoms with Crippen molar-refractivity contribution in [3.05, 3.63) is 145 Å². The van der Waals surface area contributed by atoms with Crippen molar-refractivity contribution in [2.45, 2.75) is 6.42 Å². The Bertz CT molecular complexity index is 1400. The van der Waals surface area contributed by atoms with Crippen LogP contribution < -0.4 is 21.2 Å². The van der Waals surface area contributed by atoms with Crippen LogP contribution in [0.3, 0.4) is 0 Å². The van der Waals surface area contributed by atoms with Gasteiger partial charge in [-0.1, -0.05) is 0 Å². The molecule has 5 rings (SSSR count). The Labute approximate surface area is 253 Å². The molecule has 0 radical (unpaired) electrons. The summed E-state index contributed by atoms with van der Waals surface area (Å²) in [6.45, 7) is 1.40. The second-order valence-corrected chi connectivity index (χ2v) is 23.7. The van der Waals surface area contributed by atoms with E-state index in [1.165, 1.54) is 21.2 Å². The molecule has 0 atom stereocenters. The van der Waals surface area contributed by atoms with E-state index >= 15 is 0 Å². The summed E-state index contributed by atoms with van der Waals surface area (Å²) in [4.78, 5) is 16.1. The van der Waals surface area contributed by atoms with Crippen molar-refractivity contribution >= 4 is 68.3 Å². The molecule has 0 heterocycles. The third-order valence-electron chi connectivity index (χ3n) is 7.40. The molecule has 1 amide bonds. The van der Waals surface area contributed by atoms with Gasteiger partial charge in [0.15, 0.2) is 0 Å². The van der Waals surface area contributed by atoms with E-state index in [1.54, 1.807) is 0 Å². The Morgan fingerprint density at radius 2 is 0.950 bits per heavy atom. The predicted octanol–water partition coefficient (Wildman–Crippen LogP) is 5.21. The second kappa shape index (κ2) is 13.6. The Balaban J connectivity index is 1.46. The summed E-state index contributed by atoms with van der Waals surface area (Å²) in [5.41, 5.74) is -2.78. The van der Waals surface area contributed by atoms with Crippen LogP contribution in [0, 0.1) is 0 Å². The van der Waals surface area contributed by atoms with Crippen LogP contribution in [-0.4, -0.2) is 66.4 Å². The first-order valence-corrected chi connectivity index (χ1v) is 21.9.